The van der Waals surface area contributed by atoms with E-state index in [-0.39, 0.29) is 11.8 Å². The van der Waals surface area contributed by atoms with E-state index in [0.717, 1.165) is 28.0 Å². The number of thiazole rings is 1. The number of hydrogen-bond donors (Lipinski definition) is 0. The Kier molecular flexibility index (Phi) is 5.00. The largest absolute Gasteiger partial charge is 0.278 e. The normalized spacial score (nSPS) is 17.6. The summed E-state index contributed by atoms with van der Waals surface area (Å²) < 4.78 is 16.3. The number of nitrogens with zero attached hydrogens (tertiary/aromatic N) is 4. The molecule has 0 saturated carbocycles. The van der Waals surface area contributed by atoms with Gasteiger partial charge in [-0.05, 0) is 49.2 Å². The van der Waals surface area contributed by atoms with Crippen LogP contribution in [0.3, 0.4) is 0 Å². The zero-order valence-electron chi connectivity index (χ0n) is 15.8. The summed E-state index contributed by atoms with van der Waals surface area (Å²) >= 11 is 2.90. The van der Waals surface area contributed by atoms with Crippen LogP contribution in [0.15, 0.2) is 53.7 Å². The number of fused-ring (bicyclic) bond motifs is 3. The van der Waals surface area contributed by atoms with Crippen LogP contribution in [0.2, 0.25) is 0 Å². The number of aromatic nitrogens is 3. The summed E-state index contributed by atoms with van der Waals surface area (Å²) in [5.74, 6) is -1.04. The number of carbonyl (C=O) groups excluding carboxylic acids is 2. The molecule has 1 fully saturated rings. The van der Waals surface area contributed by atoms with E-state index in [0.29, 0.717) is 23.7 Å². The van der Waals surface area contributed by atoms with Crippen LogP contribution in [-0.2, 0) is 4.79 Å². The number of carbonyl (C=O) groups is 2. The zero-order valence-corrected chi connectivity index (χ0v) is 17.5. The van der Waals surface area contributed by atoms with Crippen LogP contribution in [0.5, 0.6) is 0 Å². The average molecular weight is 441 g/mol. The fraction of sp³-hybridized carbons (Fsp3) is 0.238. The average Bonchev–Trinajstić information content (AvgIpc) is 3.26. The Morgan fingerprint density at radius 1 is 1.10 bits per heavy atom. The maximum Gasteiger partial charge on any atom is 0.260 e. The summed E-state index contributed by atoms with van der Waals surface area (Å²) in [4.78, 5) is 28.2. The van der Waals surface area contributed by atoms with Crippen molar-refractivity contribution < 1.29 is 14.0 Å². The minimum atomic E-state index is -0.428. The molecule has 1 aliphatic rings. The maximum absolute atomic E-state index is 13.2. The summed E-state index contributed by atoms with van der Waals surface area (Å²) in [5, 5.41) is 8.78. The standard InChI is InChI=1S/C21H17FN4O2S2/c22-14-10-8-13(9-11-14)18(27)25-12-4-3-7-17(19(25)28)30-21-24-23-20-26(21)15-5-1-2-6-16(15)29-20/h1-2,5-6,8-11,17H,3-4,7,12H2. The van der Waals surface area contributed by atoms with Crippen molar-refractivity contribution in [1.82, 2.24) is 19.5 Å². The van der Waals surface area contributed by atoms with E-state index in [9.17, 15) is 14.0 Å². The van der Waals surface area contributed by atoms with Gasteiger partial charge in [0.05, 0.1) is 15.5 Å². The van der Waals surface area contributed by atoms with Crippen LogP contribution < -0.4 is 0 Å². The summed E-state index contributed by atoms with van der Waals surface area (Å²) in [5.41, 5.74) is 1.31. The van der Waals surface area contributed by atoms with Gasteiger partial charge in [0.2, 0.25) is 10.9 Å². The predicted octanol–water partition coefficient (Wildman–Crippen LogP) is 4.40. The van der Waals surface area contributed by atoms with Crippen LogP contribution >= 0.6 is 23.1 Å². The molecule has 4 aromatic rings. The van der Waals surface area contributed by atoms with Crippen molar-refractivity contribution in [1.29, 1.82) is 0 Å². The van der Waals surface area contributed by atoms with Crippen LogP contribution in [0.25, 0.3) is 15.2 Å². The second-order valence-electron chi connectivity index (χ2n) is 7.07. The third-order valence-corrected chi connectivity index (χ3v) is 7.34. The molecule has 5 rings (SSSR count). The van der Waals surface area contributed by atoms with Crippen molar-refractivity contribution in [3.63, 3.8) is 0 Å². The van der Waals surface area contributed by atoms with Crippen LogP contribution in [0, 0.1) is 5.82 Å². The van der Waals surface area contributed by atoms with Crippen molar-refractivity contribution in [2.75, 3.05) is 6.54 Å². The summed E-state index contributed by atoms with van der Waals surface area (Å²) in [6, 6.07) is 13.3. The van der Waals surface area contributed by atoms with Gasteiger partial charge in [-0.3, -0.25) is 18.9 Å². The molecule has 30 heavy (non-hydrogen) atoms. The van der Waals surface area contributed by atoms with E-state index < -0.39 is 11.1 Å². The number of amides is 2. The van der Waals surface area contributed by atoms with Gasteiger partial charge in [0.25, 0.3) is 5.91 Å². The molecule has 0 aliphatic carbocycles. The minimum Gasteiger partial charge on any atom is -0.278 e. The topological polar surface area (TPSA) is 67.6 Å². The van der Waals surface area contributed by atoms with E-state index >= 15 is 0 Å². The van der Waals surface area contributed by atoms with Crippen molar-refractivity contribution in [3.05, 3.63) is 59.9 Å². The van der Waals surface area contributed by atoms with Gasteiger partial charge in [-0.15, -0.1) is 10.2 Å². The first-order valence-electron chi connectivity index (χ1n) is 9.62. The van der Waals surface area contributed by atoms with Crippen molar-refractivity contribution >= 4 is 50.1 Å². The number of benzene rings is 2. The first kappa shape index (κ1) is 19.2. The Labute approximate surface area is 179 Å². The Balaban J connectivity index is 1.44. The molecular formula is C21H17FN4O2S2. The molecule has 1 unspecified atom stereocenters. The SMILES string of the molecule is O=C(c1ccc(F)cc1)N1CCCCC(Sc2nnc3sc4ccccc4n23)C1=O. The summed E-state index contributed by atoms with van der Waals surface area (Å²) in [7, 11) is 0. The number of hydrogen-bond acceptors (Lipinski definition) is 6. The summed E-state index contributed by atoms with van der Waals surface area (Å²) in [6.07, 6.45) is 2.24. The van der Waals surface area contributed by atoms with Gasteiger partial charge in [-0.1, -0.05) is 41.7 Å². The van der Waals surface area contributed by atoms with E-state index in [1.54, 1.807) is 11.3 Å². The fourth-order valence-corrected chi connectivity index (χ4v) is 5.79. The van der Waals surface area contributed by atoms with Gasteiger partial charge in [0, 0.05) is 12.1 Å². The monoisotopic (exact) mass is 440 g/mol. The van der Waals surface area contributed by atoms with E-state index in [4.69, 9.17) is 0 Å². The molecule has 2 aromatic carbocycles. The molecule has 1 atom stereocenters. The fourth-order valence-electron chi connectivity index (χ4n) is 3.63. The highest BCUT2D eigenvalue weighted by molar-refractivity contribution is 8.00. The first-order valence-corrected chi connectivity index (χ1v) is 11.3. The van der Waals surface area contributed by atoms with Gasteiger partial charge in [0.1, 0.15) is 5.82 Å². The van der Waals surface area contributed by atoms with Gasteiger partial charge in [-0.2, -0.15) is 0 Å². The quantitative estimate of drug-likeness (QED) is 0.442. The molecule has 1 saturated heterocycles. The highest BCUT2D eigenvalue weighted by Gasteiger charge is 2.33. The van der Waals surface area contributed by atoms with E-state index in [2.05, 4.69) is 10.2 Å². The second kappa shape index (κ2) is 7.81. The van der Waals surface area contributed by atoms with E-state index in [1.165, 1.54) is 40.9 Å². The molecule has 0 N–H and O–H groups in total. The predicted molar refractivity (Wildman–Crippen MR) is 114 cm³/mol. The number of rotatable bonds is 3. The molecule has 3 heterocycles. The van der Waals surface area contributed by atoms with Crippen molar-refractivity contribution in [3.8, 4) is 0 Å². The molecule has 9 heteroatoms. The maximum atomic E-state index is 13.2. The molecule has 0 spiro atoms. The van der Waals surface area contributed by atoms with Crippen LogP contribution in [0.1, 0.15) is 29.6 Å². The molecule has 1 aliphatic heterocycles. The Morgan fingerprint density at radius 2 is 1.90 bits per heavy atom. The van der Waals surface area contributed by atoms with Crippen molar-refractivity contribution in [2.24, 2.45) is 0 Å². The zero-order chi connectivity index (χ0) is 20.7. The van der Waals surface area contributed by atoms with Gasteiger partial charge in [-0.25, -0.2) is 4.39 Å². The molecular weight excluding hydrogens is 423 g/mol. The number of para-hydroxylation sites is 1. The lowest BCUT2D eigenvalue weighted by atomic mass is 10.2. The molecule has 0 bridgehead atoms. The Morgan fingerprint density at radius 3 is 2.73 bits per heavy atom. The van der Waals surface area contributed by atoms with Crippen LogP contribution in [-0.4, -0.2) is 43.1 Å². The van der Waals surface area contributed by atoms with Gasteiger partial charge < -0.3 is 0 Å². The molecule has 0 radical (unpaired) electrons. The van der Waals surface area contributed by atoms with Gasteiger partial charge >= 0.3 is 0 Å². The summed E-state index contributed by atoms with van der Waals surface area (Å²) in [6.45, 7) is 0.364. The molecule has 152 valence electrons. The smallest absolute Gasteiger partial charge is 0.260 e. The first-order chi connectivity index (χ1) is 14.6. The lowest BCUT2D eigenvalue weighted by molar-refractivity contribution is -0.127. The van der Waals surface area contributed by atoms with E-state index in [1.807, 2.05) is 28.7 Å². The lowest BCUT2D eigenvalue weighted by Gasteiger charge is -2.22. The third kappa shape index (κ3) is 3.37. The number of thioether (sulfide) groups is 1. The highest BCUT2D eigenvalue weighted by Crippen LogP contribution is 2.34. The van der Waals surface area contributed by atoms with Crippen molar-refractivity contribution in [2.45, 2.75) is 29.7 Å². The van der Waals surface area contributed by atoms with Crippen LogP contribution in [0.4, 0.5) is 4.39 Å². The minimum absolute atomic E-state index is 0.233. The molecule has 6 nitrogen and oxygen atoms in total. The Hall–Kier alpha value is -2.78. The number of likely N-dealkylation sites (tertiary alicyclic amines) is 1. The Bertz CT molecular complexity index is 1250. The second-order valence-corrected chi connectivity index (χ2v) is 9.25. The number of halogens is 1. The highest BCUT2D eigenvalue weighted by atomic mass is 32.2. The van der Waals surface area contributed by atoms with Gasteiger partial charge in [0.15, 0.2) is 5.16 Å². The molecule has 2 amide bonds. The lowest BCUT2D eigenvalue weighted by Crippen LogP contribution is -2.41. The number of imide groups is 1. The third-order valence-electron chi connectivity index (χ3n) is 5.13. The molecule has 2 aromatic heterocycles.